The fourth-order valence-electron chi connectivity index (χ4n) is 4.24. The summed E-state index contributed by atoms with van der Waals surface area (Å²) < 4.78 is 1.75. The van der Waals surface area contributed by atoms with Gasteiger partial charge in [-0.1, -0.05) is 47.3 Å². The Morgan fingerprint density at radius 3 is 2.47 bits per heavy atom. The van der Waals surface area contributed by atoms with E-state index in [0.717, 1.165) is 48.3 Å². The molecule has 1 saturated heterocycles. The first-order chi connectivity index (χ1) is 14.5. The minimum Gasteiger partial charge on any atom is -0.283 e. The minimum atomic E-state index is -0.198. The van der Waals surface area contributed by atoms with Crippen LogP contribution in [0.1, 0.15) is 40.9 Å². The number of halogens is 3. The molecular weight excluding hydrogens is 443 g/mol. The van der Waals surface area contributed by atoms with Gasteiger partial charge in [-0.3, -0.25) is 10.2 Å². The summed E-state index contributed by atoms with van der Waals surface area (Å²) in [5.41, 5.74) is 7.95. The van der Waals surface area contributed by atoms with Crippen LogP contribution in [0.3, 0.4) is 0 Å². The lowest BCUT2D eigenvalue weighted by atomic mass is 10.1. The van der Waals surface area contributed by atoms with E-state index in [-0.39, 0.29) is 5.91 Å². The summed E-state index contributed by atoms with van der Waals surface area (Å²) in [5.74, 6) is -0.198. The molecule has 1 N–H and O–H groups in total. The third-order valence-electron chi connectivity index (χ3n) is 5.64. The van der Waals surface area contributed by atoms with Gasteiger partial charge in [0.1, 0.15) is 0 Å². The van der Waals surface area contributed by atoms with Gasteiger partial charge >= 0.3 is 0 Å². The monoisotopic (exact) mass is 460 g/mol. The summed E-state index contributed by atoms with van der Waals surface area (Å²) in [5, 5.41) is 8.36. The summed E-state index contributed by atoms with van der Waals surface area (Å²) in [6.45, 7) is 1.71. The topological polar surface area (TPSA) is 50.2 Å². The van der Waals surface area contributed by atoms with Gasteiger partial charge in [-0.05, 0) is 48.7 Å². The molecule has 1 amide bonds. The number of carbonyl (C=O) groups excluding carboxylic acids is 1. The lowest BCUT2D eigenvalue weighted by Gasteiger charge is -2.26. The van der Waals surface area contributed by atoms with Crippen LogP contribution < -0.4 is 5.43 Å². The Morgan fingerprint density at radius 1 is 0.967 bits per heavy atom. The first-order valence-electron chi connectivity index (χ1n) is 9.93. The number of carbonyl (C=O) groups is 1. The van der Waals surface area contributed by atoms with Crippen LogP contribution in [0.25, 0.3) is 16.9 Å². The maximum absolute atomic E-state index is 13.2. The van der Waals surface area contributed by atoms with Crippen molar-refractivity contribution in [3.63, 3.8) is 0 Å². The molecule has 0 radical (unpaired) electrons. The molecule has 0 unspecified atom stereocenters. The highest BCUT2D eigenvalue weighted by atomic mass is 35.5. The summed E-state index contributed by atoms with van der Waals surface area (Å²) in [6, 6.07) is 11.0. The molecule has 2 aliphatic rings. The first-order valence-corrected chi connectivity index (χ1v) is 11.1. The van der Waals surface area contributed by atoms with Gasteiger partial charge < -0.3 is 0 Å². The SMILES string of the molecule is O=C(NN1CCCCC1)c1nn(-c2ccc(Cl)cc2Cl)c2c1Cc1cc(Cl)ccc1-2. The number of hydrazine groups is 1. The largest absolute Gasteiger partial charge is 0.286 e. The van der Waals surface area contributed by atoms with Gasteiger partial charge in [-0.2, -0.15) is 5.10 Å². The van der Waals surface area contributed by atoms with Crippen molar-refractivity contribution < 1.29 is 4.79 Å². The molecule has 8 heteroatoms. The number of hydrogen-bond donors (Lipinski definition) is 1. The Hall–Kier alpha value is -2.05. The van der Waals surface area contributed by atoms with Gasteiger partial charge in [0, 0.05) is 40.7 Å². The number of amides is 1. The fourth-order valence-corrected chi connectivity index (χ4v) is 4.92. The van der Waals surface area contributed by atoms with Crippen molar-refractivity contribution in [2.75, 3.05) is 13.1 Å². The second-order valence-electron chi connectivity index (χ2n) is 7.65. The quantitative estimate of drug-likeness (QED) is 0.436. The van der Waals surface area contributed by atoms with Crippen LogP contribution in [-0.4, -0.2) is 33.8 Å². The second kappa shape index (κ2) is 7.89. The predicted molar refractivity (Wildman–Crippen MR) is 120 cm³/mol. The van der Waals surface area contributed by atoms with Crippen LogP contribution in [0.5, 0.6) is 0 Å². The number of fused-ring (bicyclic) bond motifs is 3. The van der Waals surface area contributed by atoms with E-state index in [4.69, 9.17) is 39.9 Å². The summed E-state index contributed by atoms with van der Waals surface area (Å²) >= 11 is 18.8. The average molecular weight is 462 g/mol. The van der Waals surface area contributed by atoms with E-state index in [1.165, 1.54) is 6.42 Å². The van der Waals surface area contributed by atoms with E-state index in [0.29, 0.717) is 32.9 Å². The van der Waals surface area contributed by atoms with E-state index in [9.17, 15) is 4.79 Å². The lowest BCUT2D eigenvalue weighted by molar-refractivity contribution is 0.0743. The van der Waals surface area contributed by atoms with Crippen molar-refractivity contribution in [3.05, 3.63) is 68.3 Å². The first kappa shape index (κ1) is 19.9. The number of nitrogens with zero attached hydrogens (tertiary/aromatic N) is 3. The van der Waals surface area contributed by atoms with E-state index in [1.807, 2.05) is 29.3 Å². The Balaban J connectivity index is 1.61. The number of rotatable bonds is 3. The molecule has 5 rings (SSSR count). The maximum atomic E-state index is 13.2. The van der Waals surface area contributed by atoms with Crippen LogP contribution in [0.2, 0.25) is 15.1 Å². The molecule has 30 heavy (non-hydrogen) atoms. The number of aromatic nitrogens is 2. The number of hydrogen-bond acceptors (Lipinski definition) is 3. The molecule has 0 spiro atoms. The Kier molecular flexibility index (Phi) is 5.23. The molecule has 154 valence electrons. The Bertz CT molecular complexity index is 1150. The Morgan fingerprint density at radius 2 is 1.70 bits per heavy atom. The van der Waals surface area contributed by atoms with Crippen molar-refractivity contribution in [1.82, 2.24) is 20.2 Å². The van der Waals surface area contributed by atoms with Crippen molar-refractivity contribution in [2.24, 2.45) is 0 Å². The standard InChI is InChI=1S/C22H19Cl3N4O/c23-14-4-6-16-13(10-14)11-17-20(22(30)27-28-8-2-1-3-9-28)26-29(21(16)17)19-7-5-15(24)12-18(19)25/h4-7,10,12H,1-3,8-9,11H2,(H,27,30). The van der Waals surface area contributed by atoms with Gasteiger partial charge in [0.05, 0.1) is 16.4 Å². The lowest BCUT2D eigenvalue weighted by Crippen LogP contribution is -2.45. The van der Waals surface area contributed by atoms with Crippen LogP contribution in [0.4, 0.5) is 0 Å². The van der Waals surface area contributed by atoms with Gasteiger partial charge in [-0.25, -0.2) is 9.69 Å². The molecule has 0 bridgehead atoms. The van der Waals surface area contributed by atoms with Crippen LogP contribution >= 0.6 is 34.8 Å². The second-order valence-corrected chi connectivity index (χ2v) is 8.93. The smallest absolute Gasteiger partial charge is 0.283 e. The van der Waals surface area contributed by atoms with Gasteiger partial charge in [-0.15, -0.1) is 0 Å². The van der Waals surface area contributed by atoms with E-state index >= 15 is 0 Å². The molecule has 2 heterocycles. The molecule has 1 fully saturated rings. The zero-order valence-corrected chi connectivity index (χ0v) is 18.4. The molecule has 1 aliphatic heterocycles. The number of piperidine rings is 1. The van der Waals surface area contributed by atoms with Crippen molar-refractivity contribution in [2.45, 2.75) is 25.7 Å². The fraction of sp³-hybridized carbons (Fsp3) is 0.273. The summed E-state index contributed by atoms with van der Waals surface area (Å²) in [7, 11) is 0. The molecule has 2 aromatic carbocycles. The maximum Gasteiger partial charge on any atom is 0.286 e. The van der Waals surface area contributed by atoms with E-state index in [2.05, 4.69) is 5.43 Å². The van der Waals surface area contributed by atoms with Crippen molar-refractivity contribution in [3.8, 4) is 16.9 Å². The molecular formula is C22H19Cl3N4O. The summed E-state index contributed by atoms with van der Waals surface area (Å²) in [6.07, 6.45) is 3.95. The third kappa shape index (κ3) is 3.50. The third-order valence-corrected chi connectivity index (χ3v) is 6.41. The van der Waals surface area contributed by atoms with Gasteiger partial charge in [0.15, 0.2) is 5.69 Å². The molecule has 0 atom stereocenters. The number of benzene rings is 2. The highest BCUT2D eigenvalue weighted by Crippen LogP contribution is 2.42. The van der Waals surface area contributed by atoms with Gasteiger partial charge in [0.25, 0.3) is 5.91 Å². The van der Waals surface area contributed by atoms with Crippen LogP contribution in [-0.2, 0) is 6.42 Å². The zero-order chi connectivity index (χ0) is 20.8. The Labute approximate surface area is 189 Å². The predicted octanol–water partition coefficient (Wildman–Crippen LogP) is 5.53. The van der Waals surface area contributed by atoms with Crippen LogP contribution in [0, 0.1) is 0 Å². The summed E-state index contributed by atoms with van der Waals surface area (Å²) in [4.78, 5) is 13.2. The van der Waals surface area contributed by atoms with Crippen LogP contribution in [0.15, 0.2) is 36.4 Å². The minimum absolute atomic E-state index is 0.198. The molecule has 0 saturated carbocycles. The molecule has 1 aliphatic carbocycles. The van der Waals surface area contributed by atoms with Crippen molar-refractivity contribution in [1.29, 1.82) is 0 Å². The van der Waals surface area contributed by atoms with E-state index in [1.54, 1.807) is 16.8 Å². The normalized spacial score (nSPS) is 15.7. The average Bonchev–Trinajstić information content (AvgIpc) is 3.25. The number of nitrogens with one attached hydrogen (secondary N) is 1. The molecule has 1 aromatic heterocycles. The van der Waals surface area contributed by atoms with Crippen molar-refractivity contribution >= 4 is 40.7 Å². The highest BCUT2D eigenvalue weighted by molar-refractivity contribution is 6.35. The zero-order valence-electron chi connectivity index (χ0n) is 16.1. The van der Waals surface area contributed by atoms with E-state index < -0.39 is 0 Å². The molecule has 3 aromatic rings. The van der Waals surface area contributed by atoms with Gasteiger partial charge in [0.2, 0.25) is 0 Å². The molecule has 5 nitrogen and oxygen atoms in total. The highest BCUT2D eigenvalue weighted by Gasteiger charge is 2.32.